The van der Waals surface area contributed by atoms with E-state index in [1.54, 1.807) is 0 Å². The molecule has 0 unspecified atom stereocenters. The third-order valence-electron chi connectivity index (χ3n) is 3.82. The maximum atomic E-state index is 12.8. The highest BCUT2D eigenvalue weighted by molar-refractivity contribution is 5.96. The minimum atomic E-state index is -0.946. The molecule has 1 aromatic heterocycles. The highest BCUT2D eigenvalue weighted by Crippen LogP contribution is 2.49. The molecular formula is C17H14O9. The van der Waals surface area contributed by atoms with Crippen LogP contribution in [0.4, 0.5) is 0 Å². The summed E-state index contributed by atoms with van der Waals surface area (Å²) >= 11 is 0. The van der Waals surface area contributed by atoms with Gasteiger partial charge < -0.3 is 39.4 Å². The van der Waals surface area contributed by atoms with Crippen molar-refractivity contribution in [2.24, 2.45) is 0 Å². The summed E-state index contributed by atoms with van der Waals surface area (Å²) in [5, 5.41) is 48.4. The predicted molar refractivity (Wildman–Crippen MR) is 89.3 cm³/mol. The normalized spacial score (nSPS) is 10.8. The van der Waals surface area contributed by atoms with Gasteiger partial charge in [0.15, 0.2) is 28.6 Å². The van der Waals surface area contributed by atoms with Crippen LogP contribution in [0.3, 0.4) is 0 Å². The summed E-state index contributed by atoms with van der Waals surface area (Å²) in [7, 11) is 2.36. The van der Waals surface area contributed by atoms with Gasteiger partial charge in [-0.1, -0.05) is 0 Å². The van der Waals surface area contributed by atoms with Crippen molar-refractivity contribution in [2.45, 2.75) is 0 Å². The first kappa shape index (κ1) is 17.1. The van der Waals surface area contributed by atoms with Gasteiger partial charge in [-0.2, -0.15) is 0 Å². The summed E-state index contributed by atoms with van der Waals surface area (Å²) in [6, 6.07) is 3.67. The summed E-state index contributed by atoms with van der Waals surface area (Å²) in [5.74, 6) is -4.36. The molecule has 3 rings (SSSR count). The molecule has 0 atom stereocenters. The van der Waals surface area contributed by atoms with Gasteiger partial charge in [0.1, 0.15) is 5.39 Å². The van der Waals surface area contributed by atoms with Gasteiger partial charge in [-0.25, -0.2) is 0 Å². The van der Waals surface area contributed by atoms with Gasteiger partial charge >= 0.3 is 0 Å². The fourth-order valence-corrected chi connectivity index (χ4v) is 2.57. The van der Waals surface area contributed by atoms with E-state index in [4.69, 9.17) is 13.9 Å². The lowest BCUT2D eigenvalue weighted by atomic mass is 10.1. The number of aromatic hydroxyl groups is 5. The van der Waals surface area contributed by atoms with Crippen molar-refractivity contribution >= 4 is 11.0 Å². The van der Waals surface area contributed by atoms with Crippen molar-refractivity contribution in [3.05, 3.63) is 28.4 Å². The quantitative estimate of drug-likeness (QED) is 0.441. The van der Waals surface area contributed by atoms with E-state index in [2.05, 4.69) is 0 Å². The molecule has 0 aliphatic rings. The van der Waals surface area contributed by atoms with Crippen molar-refractivity contribution in [1.29, 1.82) is 0 Å². The van der Waals surface area contributed by atoms with Crippen LogP contribution in [0.25, 0.3) is 22.3 Å². The molecular weight excluding hydrogens is 348 g/mol. The van der Waals surface area contributed by atoms with Crippen LogP contribution in [0, 0.1) is 0 Å². The van der Waals surface area contributed by atoms with E-state index >= 15 is 0 Å². The third kappa shape index (κ3) is 2.29. The average molecular weight is 362 g/mol. The van der Waals surface area contributed by atoms with E-state index in [0.29, 0.717) is 0 Å². The number of ether oxygens (including phenoxy) is 2. The molecule has 9 heteroatoms. The maximum absolute atomic E-state index is 12.8. The number of hydrogen-bond donors (Lipinski definition) is 5. The summed E-state index contributed by atoms with van der Waals surface area (Å²) in [5.41, 5.74) is -1.01. The average Bonchev–Trinajstić information content (AvgIpc) is 2.62. The molecule has 5 N–H and O–H groups in total. The van der Waals surface area contributed by atoms with Crippen LogP contribution in [0.5, 0.6) is 40.2 Å². The summed E-state index contributed by atoms with van der Waals surface area (Å²) in [6.45, 7) is 0. The second-order valence-electron chi connectivity index (χ2n) is 5.28. The molecule has 0 amide bonds. The summed E-state index contributed by atoms with van der Waals surface area (Å²) in [4.78, 5) is 12.8. The van der Waals surface area contributed by atoms with E-state index < -0.39 is 33.8 Å². The van der Waals surface area contributed by atoms with Crippen molar-refractivity contribution in [2.75, 3.05) is 14.2 Å². The van der Waals surface area contributed by atoms with Crippen LogP contribution < -0.4 is 14.9 Å². The third-order valence-corrected chi connectivity index (χ3v) is 3.82. The van der Waals surface area contributed by atoms with Gasteiger partial charge in [0, 0.05) is 5.56 Å². The minimum absolute atomic E-state index is 0.150. The first-order chi connectivity index (χ1) is 12.3. The number of phenolic OH excluding ortho intramolecular Hbond substituents is 5. The molecule has 0 fully saturated rings. The lowest BCUT2D eigenvalue weighted by molar-refractivity contribution is 0.334. The zero-order valence-electron chi connectivity index (χ0n) is 13.6. The zero-order chi connectivity index (χ0) is 19.2. The Hall–Kier alpha value is -3.75. The van der Waals surface area contributed by atoms with Gasteiger partial charge in [0.2, 0.25) is 28.4 Å². The van der Waals surface area contributed by atoms with Crippen LogP contribution in [0.15, 0.2) is 27.4 Å². The smallest absolute Gasteiger partial charge is 0.239 e. The number of benzene rings is 2. The molecule has 3 aromatic rings. The molecule has 2 aromatic carbocycles. The Labute approximate surface area is 145 Å². The van der Waals surface area contributed by atoms with E-state index in [1.807, 2.05) is 0 Å². The SMILES string of the molecule is COc1c(-c2ccc(O)c(O)c2)oc2c(OC)c(O)c(O)c(O)c2c1=O. The van der Waals surface area contributed by atoms with E-state index in [1.165, 1.54) is 26.4 Å². The molecule has 1 heterocycles. The second-order valence-corrected chi connectivity index (χ2v) is 5.28. The highest BCUT2D eigenvalue weighted by Gasteiger charge is 2.27. The molecule has 9 nitrogen and oxygen atoms in total. The highest BCUT2D eigenvalue weighted by atomic mass is 16.5. The Morgan fingerprint density at radius 1 is 0.846 bits per heavy atom. The Morgan fingerprint density at radius 2 is 1.50 bits per heavy atom. The van der Waals surface area contributed by atoms with Crippen molar-refractivity contribution in [1.82, 2.24) is 0 Å². The maximum Gasteiger partial charge on any atom is 0.239 e. The van der Waals surface area contributed by atoms with E-state index in [-0.39, 0.29) is 34.2 Å². The number of fused-ring (bicyclic) bond motifs is 1. The monoisotopic (exact) mass is 362 g/mol. The molecule has 0 saturated heterocycles. The van der Waals surface area contributed by atoms with Gasteiger partial charge in [0.05, 0.1) is 14.2 Å². The van der Waals surface area contributed by atoms with E-state index in [0.717, 1.165) is 6.07 Å². The number of methoxy groups -OCH3 is 2. The van der Waals surface area contributed by atoms with Crippen LogP contribution >= 0.6 is 0 Å². The number of hydrogen-bond acceptors (Lipinski definition) is 9. The standard InChI is InChI=1S/C17H14O9/c1-24-16-11(21)9-10(20)12(22)13(23)17(25-2)15(9)26-14(16)6-3-4-7(18)8(19)5-6/h3-5,18-20,22-23H,1-2H3. The van der Waals surface area contributed by atoms with Crippen LogP contribution in [0.1, 0.15) is 0 Å². The topological polar surface area (TPSA) is 150 Å². The summed E-state index contributed by atoms with van der Waals surface area (Å²) in [6.07, 6.45) is 0. The van der Waals surface area contributed by atoms with Gasteiger partial charge in [-0.05, 0) is 18.2 Å². The second kappa shape index (κ2) is 5.96. The molecule has 136 valence electrons. The number of rotatable bonds is 3. The molecule has 0 bridgehead atoms. The molecule has 26 heavy (non-hydrogen) atoms. The van der Waals surface area contributed by atoms with Crippen LogP contribution in [-0.4, -0.2) is 39.8 Å². The first-order valence-electron chi connectivity index (χ1n) is 7.19. The molecule has 0 spiro atoms. The fraction of sp³-hybridized carbons (Fsp3) is 0.118. The van der Waals surface area contributed by atoms with Gasteiger partial charge in [-0.3, -0.25) is 4.79 Å². The molecule has 0 radical (unpaired) electrons. The molecule has 0 aliphatic carbocycles. The number of phenols is 5. The first-order valence-corrected chi connectivity index (χ1v) is 7.19. The largest absolute Gasteiger partial charge is 0.504 e. The van der Waals surface area contributed by atoms with Crippen molar-refractivity contribution in [3.63, 3.8) is 0 Å². The summed E-state index contributed by atoms with van der Waals surface area (Å²) < 4.78 is 15.6. The lowest BCUT2D eigenvalue weighted by Gasteiger charge is -2.14. The Kier molecular flexibility index (Phi) is 3.91. The van der Waals surface area contributed by atoms with E-state index in [9.17, 15) is 30.3 Å². The van der Waals surface area contributed by atoms with Crippen molar-refractivity contribution < 1.29 is 39.4 Å². The zero-order valence-corrected chi connectivity index (χ0v) is 13.6. The van der Waals surface area contributed by atoms with Gasteiger partial charge in [-0.15, -0.1) is 0 Å². The lowest BCUT2D eigenvalue weighted by Crippen LogP contribution is -2.08. The Bertz CT molecular complexity index is 1080. The van der Waals surface area contributed by atoms with Crippen molar-refractivity contribution in [3.8, 4) is 51.6 Å². The Morgan fingerprint density at radius 3 is 2.08 bits per heavy atom. The predicted octanol–water partition coefficient (Wildman–Crippen LogP) is 2.01. The minimum Gasteiger partial charge on any atom is -0.504 e. The fourth-order valence-electron chi connectivity index (χ4n) is 2.57. The Balaban J connectivity index is 2.51. The van der Waals surface area contributed by atoms with Crippen LogP contribution in [0.2, 0.25) is 0 Å². The molecule has 0 aliphatic heterocycles. The van der Waals surface area contributed by atoms with Gasteiger partial charge in [0.25, 0.3) is 0 Å². The molecule has 0 saturated carbocycles. The van der Waals surface area contributed by atoms with Crippen LogP contribution in [-0.2, 0) is 0 Å².